The molecular formula is C17H23N3O2. The fourth-order valence-electron chi connectivity index (χ4n) is 1.75. The van der Waals surface area contributed by atoms with Gasteiger partial charge in [-0.3, -0.25) is 4.79 Å². The van der Waals surface area contributed by atoms with E-state index < -0.39 is 0 Å². The predicted octanol–water partition coefficient (Wildman–Crippen LogP) is 2.67. The van der Waals surface area contributed by atoms with Crippen LogP contribution in [0, 0.1) is 11.3 Å². The molecule has 1 aromatic rings. The molecule has 0 aliphatic carbocycles. The molecule has 0 saturated heterocycles. The lowest BCUT2D eigenvalue weighted by atomic mass is 10.1. The third-order valence-corrected chi connectivity index (χ3v) is 3.45. The normalized spacial score (nSPS) is 13.7. The van der Waals surface area contributed by atoms with E-state index in [-0.39, 0.29) is 23.6 Å². The van der Waals surface area contributed by atoms with Crippen LogP contribution in [0.2, 0.25) is 0 Å². The average molecular weight is 301 g/mol. The van der Waals surface area contributed by atoms with Gasteiger partial charge in [-0.1, -0.05) is 19.1 Å². The molecule has 5 heteroatoms. The monoisotopic (exact) mass is 301 g/mol. The molecule has 2 N–H and O–H groups in total. The molecule has 1 aromatic carbocycles. The molecule has 0 fully saturated rings. The lowest BCUT2D eigenvalue weighted by Gasteiger charge is -2.14. The zero-order valence-electron chi connectivity index (χ0n) is 13.5. The maximum Gasteiger partial charge on any atom is 0.263 e. The molecule has 1 rings (SSSR count). The van der Waals surface area contributed by atoms with Crippen molar-refractivity contribution in [2.24, 2.45) is 0 Å². The van der Waals surface area contributed by atoms with E-state index in [1.807, 2.05) is 51.1 Å². The second-order valence-electron chi connectivity index (χ2n) is 5.11. The summed E-state index contributed by atoms with van der Waals surface area (Å²) in [5.41, 5.74) is 1.11. The summed E-state index contributed by atoms with van der Waals surface area (Å²) in [6.07, 6.45) is 2.28. The number of nitrogens with one attached hydrogen (secondary N) is 2. The first-order valence-corrected chi connectivity index (χ1v) is 7.32. The minimum Gasteiger partial charge on any atom is -0.497 e. The van der Waals surface area contributed by atoms with E-state index in [9.17, 15) is 4.79 Å². The van der Waals surface area contributed by atoms with Crippen molar-refractivity contribution in [2.75, 3.05) is 7.11 Å². The first-order chi connectivity index (χ1) is 10.5. The Bertz CT molecular complexity index is 558. The number of amides is 1. The van der Waals surface area contributed by atoms with Gasteiger partial charge in [0.05, 0.1) is 7.11 Å². The summed E-state index contributed by atoms with van der Waals surface area (Å²) in [6.45, 7) is 5.84. The number of hydrogen-bond acceptors (Lipinski definition) is 4. The Morgan fingerprint density at radius 2 is 2.00 bits per heavy atom. The Balaban J connectivity index is 2.70. The number of hydrogen-bond donors (Lipinski definition) is 2. The number of methoxy groups -OCH3 is 1. The van der Waals surface area contributed by atoms with Gasteiger partial charge in [-0.15, -0.1) is 0 Å². The molecule has 0 aliphatic rings. The van der Waals surface area contributed by atoms with Crippen LogP contribution in [0.4, 0.5) is 0 Å². The van der Waals surface area contributed by atoms with Gasteiger partial charge in [0.15, 0.2) is 0 Å². The highest BCUT2D eigenvalue weighted by atomic mass is 16.5. The number of carbonyl (C=O) groups excluding carboxylic acids is 1. The van der Waals surface area contributed by atoms with Gasteiger partial charge in [0, 0.05) is 18.3 Å². The van der Waals surface area contributed by atoms with Crippen LogP contribution >= 0.6 is 0 Å². The molecule has 0 radical (unpaired) electrons. The zero-order valence-corrected chi connectivity index (χ0v) is 13.5. The van der Waals surface area contributed by atoms with Crippen LogP contribution in [-0.2, 0) is 4.79 Å². The molecule has 0 heterocycles. The van der Waals surface area contributed by atoms with Crippen molar-refractivity contribution < 1.29 is 9.53 Å². The van der Waals surface area contributed by atoms with E-state index in [4.69, 9.17) is 10.00 Å². The lowest BCUT2D eigenvalue weighted by molar-refractivity contribution is -0.117. The first kappa shape index (κ1) is 17.6. The molecule has 0 saturated carbocycles. The van der Waals surface area contributed by atoms with E-state index in [2.05, 4.69) is 10.6 Å². The number of rotatable bonds is 7. The molecule has 0 spiro atoms. The van der Waals surface area contributed by atoms with Gasteiger partial charge in [-0.2, -0.15) is 5.26 Å². The second kappa shape index (κ2) is 8.73. The maximum atomic E-state index is 11.9. The van der Waals surface area contributed by atoms with Crippen molar-refractivity contribution in [3.63, 3.8) is 0 Å². The SMILES string of the molecule is CCC(C)NC(=O)/C(C#N)=C\NC(C)c1ccc(OC)cc1. The van der Waals surface area contributed by atoms with Crippen molar-refractivity contribution in [1.82, 2.24) is 10.6 Å². The van der Waals surface area contributed by atoms with Crippen LogP contribution in [-0.4, -0.2) is 19.1 Å². The molecule has 1 amide bonds. The maximum absolute atomic E-state index is 11.9. The number of ether oxygens (including phenoxy) is 1. The fraction of sp³-hybridized carbons (Fsp3) is 0.412. The Hall–Kier alpha value is -2.48. The van der Waals surface area contributed by atoms with Gasteiger partial charge in [-0.05, 0) is 38.0 Å². The fourth-order valence-corrected chi connectivity index (χ4v) is 1.75. The van der Waals surface area contributed by atoms with Crippen molar-refractivity contribution in [1.29, 1.82) is 5.26 Å². The summed E-state index contributed by atoms with van der Waals surface area (Å²) in [5.74, 6) is 0.434. The van der Waals surface area contributed by atoms with E-state index in [0.717, 1.165) is 17.7 Å². The van der Waals surface area contributed by atoms with Crippen LogP contribution in [0.15, 0.2) is 36.0 Å². The van der Waals surface area contributed by atoms with E-state index in [0.29, 0.717) is 0 Å². The molecule has 0 bridgehead atoms. The van der Waals surface area contributed by atoms with Gasteiger partial charge >= 0.3 is 0 Å². The minimum atomic E-state index is -0.355. The van der Waals surface area contributed by atoms with Crippen molar-refractivity contribution in [2.45, 2.75) is 39.3 Å². The summed E-state index contributed by atoms with van der Waals surface area (Å²) in [4.78, 5) is 11.9. The first-order valence-electron chi connectivity index (χ1n) is 7.32. The summed E-state index contributed by atoms with van der Waals surface area (Å²) in [5, 5.41) is 14.9. The van der Waals surface area contributed by atoms with E-state index in [1.165, 1.54) is 6.20 Å². The highest BCUT2D eigenvalue weighted by Crippen LogP contribution is 2.17. The van der Waals surface area contributed by atoms with Crippen LogP contribution in [0.1, 0.15) is 38.8 Å². The predicted molar refractivity (Wildman–Crippen MR) is 86.1 cm³/mol. The number of nitriles is 1. The summed E-state index contributed by atoms with van der Waals surface area (Å²) < 4.78 is 5.12. The molecule has 2 atom stereocenters. The van der Waals surface area contributed by atoms with E-state index >= 15 is 0 Å². The second-order valence-corrected chi connectivity index (χ2v) is 5.11. The van der Waals surface area contributed by atoms with Crippen molar-refractivity contribution in [3.05, 3.63) is 41.6 Å². The largest absolute Gasteiger partial charge is 0.497 e. The molecule has 0 aliphatic heterocycles. The van der Waals surface area contributed by atoms with Crippen molar-refractivity contribution in [3.8, 4) is 11.8 Å². The van der Waals surface area contributed by atoms with Crippen LogP contribution in [0.25, 0.3) is 0 Å². The molecule has 0 aromatic heterocycles. The zero-order chi connectivity index (χ0) is 16.5. The van der Waals surface area contributed by atoms with Crippen molar-refractivity contribution >= 4 is 5.91 Å². The van der Waals surface area contributed by atoms with Crippen LogP contribution < -0.4 is 15.4 Å². The third kappa shape index (κ3) is 5.13. The van der Waals surface area contributed by atoms with Crippen LogP contribution in [0.5, 0.6) is 5.75 Å². The van der Waals surface area contributed by atoms with Crippen LogP contribution in [0.3, 0.4) is 0 Å². The Morgan fingerprint density at radius 1 is 1.36 bits per heavy atom. The Morgan fingerprint density at radius 3 is 2.50 bits per heavy atom. The highest BCUT2D eigenvalue weighted by Gasteiger charge is 2.12. The summed E-state index contributed by atoms with van der Waals surface area (Å²) in [6, 6.07) is 9.57. The smallest absolute Gasteiger partial charge is 0.263 e. The average Bonchev–Trinajstić information content (AvgIpc) is 2.55. The molecule has 2 unspecified atom stereocenters. The quantitative estimate of drug-likeness (QED) is 0.600. The lowest BCUT2D eigenvalue weighted by Crippen LogP contribution is -2.33. The molecule has 118 valence electrons. The summed E-state index contributed by atoms with van der Waals surface area (Å²) >= 11 is 0. The van der Waals surface area contributed by atoms with E-state index in [1.54, 1.807) is 7.11 Å². The molecular weight excluding hydrogens is 278 g/mol. The third-order valence-electron chi connectivity index (χ3n) is 3.45. The Kier molecular flexibility index (Phi) is 6.97. The Labute approximate surface area is 132 Å². The topological polar surface area (TPSA) is 74.2 Å². The number of nitrogens with zero attached hydrogens (tertiary/aromatic N) is 1. The molecule has 22 heavy (non-hydrogen) atoms. The standard InChI is InChI=1S/C17H23N3O2/c1-5-12(2)20-17(21)15(10-18)11-19-13(3)14-6-8-16(22-4)9-7-14/h6-9,11-13,19H,5H2,1-4H3,(H,20,21)/b15-11-. The number of benzene rings is 1. The van der Waals surface area contributed by atoms with Gasteiger partial charge < -0.3 is 15.4 Å². The van der Waals surface area contributed by atoms with Gasteiger partial charge in [0.25, 0.3) is 5.91 Å². The minimum absolute atomic E-state index is 0.0225. The summed E-state index contributed by atoms with van der Waals surface area (Å²) in [7, 11) is 1.62. The van der Waals surface area contributed by atoms with Gasteiger partial charge in [0.2, 0.25) is 0 Å². The highest BCUT2D eigenvalue weighted by molar-refractivity contribution is 5.97. The van der Waals surface area contributed by atoms with Gasteiger partial charge in [0.1, 0.15) is 17.4 Å². The number of carbonyl (C=O) groups is 1. The molecule has 5 nitrogen and oxygen atoms in total. The van der Waals surface area contributed by atoms with Gasteiger partial charge in [-0.25, -0.2) is 0 Å².